The highest BCUT2D eigenvalue weighted by atomic mass is 19.1. The number of benzene rings is 2. The zero-order chi connectivity index (χ0) is 16.2. The first-order valence-corrected chi connectivity index (χ1v) is 6.80. The van der Waals surface area contributed by atoms with Gasteiger partial charge in [0.25, 0.3) is 0 Å². The number of hydrogen-bond donors (Lipinski definition) is 2. The van der Waals surface area contributed by atoms with Gasteiger partial charge in [0.2, 0.25) is 0 Å². The van der Waals surface area contributed by atoms with Gasteiger partial charge in [-0.3, -0.25) is 0 Å². The number of carbonyl (C=O) groups is 1. The monoisotopic (exact) mass is 309 g/mol. The van der Waals surface area contributed by atoms with Crippen LogP contribution in [0.25, 0.3) is 11.3 Å². The normalized spacial score (nSPS) is 10.3. The lowest BCUT2D eigenvalue weighted by Gasteiger charge is -2.07. The van der Waals surface area contributed by atoms with E-state index in [4.69, 9.17) is 5.11 Å². The molecule has 23 heavy (non-hydrogen) atoms. The Kier molecular flexibility index (Phi) is 3.97. The van der Waals surface area contributed by atoms with Crippen molar-refractivity contribution in [2.24, 2.45) is 0 Å². The van der Waals surface area contributed by atoms with Gasteiger partial charge in [-0.25, -0.2) is 19.2 Å². The quantitative estimate of drug-likeness (QED) is 0.768. The Bertz CT molecular complexity index is 833. The van der Waals surface area contributed by atoms with Crippen LogP contribution in [-0.2, 0) is 0 Å². The summed E-state index contributed by atoms with van der Waals surface area (Å²) in [4.78, 5) is 19.1. The number of aromatic carboxylic acids is 1. The molecular formula is C17H12FN3O2. The number of carboxylic acids is 1. The lowest BCUT2D eigenvalue weighted by atomic mass is 10.1. The molecule has 3 rings (SSSR count). The van der Waals surface area contributed by atoms with Crippen molar-refractivity contribution >= 4 is 17.5 Å². The molecule has 114 valence electrons. The lowest BCUT2D eigenvalue weighted by molar-refractivity contribution is 0.0697. The van der Waals surface area contributed by atoms with E-state index in [1.807, 2.05) is 0 Å². The molecule has 5 nitrogen and oxygen atoms in total. The van der Waals surface area contributed by atoms with Gasteiger partial charge in [0.1, 0.15) is 18.0 Å². The molecule has 0 aliphatic heterocycles. The summed E-state index contributed by atoms with van der Waals surface area (Å²) >= 11 is 0. The van der Waals surface area contributed by atoms with Crippen LogP contribution in [0, 0.1) is 5.82 Å². The third kappa shape index (κ3) is 3.49. The topological polar surface area (TPSA) is 75.1 Å². The fourth-order valence-electron chi connectivity index (χ4n) is 2.05. The van der Waals surface area contributed by atoms with E-state index in [0.29, 0.717) is 17.2 Å². The summed E-state index contributed by atoms with van der Waals surface area (Å²) in [5.41, 5.74) is 2.35. The van der Waals surface area contributed by atoms with Crippen molar-refractivity contribution in [1.82, 2.24) is 9.97 Å². The van der Waals surface area contributed by atoms with E-state index in [0.717, 1.165) is 5.56 Å². The van der Waals surface area contributed by atoms with Crippen molar-refractivity contribution in [2.45, 2.75) is 0 Å². The van der Waals surface area contributed by atoms with Gasteiger partial charge in [-0.15, -0.1) is 0 Å². The van der Waals surface area contributed by atoms with Crippen molar-refractivity contribution in [3.05, 3.63) is 72.3 Å². The third-order valence-electron chi connectivity index (χ3n) is 3.21. The van der Waals surface area contributed by atoms with E-state index < -0.39 is 5.97 Å². The van der Waals surface area contributed by atoms with Crippen molar-refractivity contribution in [1.29, 1.82) is 0 Å². The van der Waals surface area contributed by atoms with E-state index in [2.05, 4.69) is 15.3 Å². The van der Waals surface area contributed by atoms with E-state index in [-0.39, 0.29) is 11.4 Å². The molecule has 0 bridgehead atoms. The molecule has 0 unspecified atom stereocenters. The van der Waals surface area contributed by atoms with Crippen LogP contribution in [0.1, 0.15) is 10.4 Å². The molecule has 6 heteroatoms. The van der Waals surface area contributed by atoms with Crippen LogP contribution in [0.15, 0.2) is 60.9 Å². The van der Waals surface area contributed by atoms with Crippen molar-refractivity contribution in [3.8, 4) is 11.3 Å². The van der Waals surface area contributed by atoms with Crippen molar-refractivity contribution in [2.75, 3.05) is 5.32 Å². The Morgan fingerprint density at radius 3 is 2.35 bits per heavy atom. The zero-order valence-corrected chi connectivity index (χ0v) is 11.9. The van der Waals surface area contributed by atoms with Crippen LogP contribution in [0.5, 0.6) is 0 Å². The van der Waals surface area contributed by atoms with Crippen LogP contribution in [-0.4, -0.2) is 21.0 Å². The molecule has 1 aromatic heterocycles. The minimum atomic E-state index is -0.975. The van der Waals surface area contributed by atoms with Gasteiger partial charge in [0.05, 0.1) is 11.3 Å². The number of nitrogens with one attached hydrogen (secondary N) is 1. The van der Waals surface area contributed by atoms with Crippen LogP contribution >= 0.6 is 0 Å². The molecule has 2 N–H and O–H groups in total. The summed E-state index contributed by atoms with van der Waals surface area (Å²) in [6.07, 6.45) is 1.41. The smallest absolute Gasteiger partial charge is 0.335 e. The van der Waals surface area contributed by atoms with E-state index in [9.17, 15) is 9.18 Å². The van der Waals surface area contributed by atoms with E-state index in [1.165, 1.54) is 30.6 Å². The van der Waals surface area contributed by atoms with Gasteiger partial charge in [0.15, 0.2) is 0 Å². The molecule has 0 aliphatic carbocycles. The summed E-state index contributed by atoms with van der Waals surface area (Å²) in [6, 6.07) is 14.1. The van der Waals surface area contributed by atoms with Crippen LogP contribution in [0.2, 0.25) is 0 Å². The highest BCUT2D eigenvalue weighted by molar-refractivity contribution is 5.88. The average Bonchev–Trinajstić information content (AvgIpc) is 2.56. The van der Waals surface area contributed by atoms with Crippen molar-refractivity contribution < 1.29 is 14.3 Å². The van der Waals surface area contributed by atoms with Gasteiger partial charge >= 0.3 is 5.97 Å². The van der Waals surface area contributed by atoms with Gasteiger partial charge in [-0.2, -0.15) is 0 Å². The molecular weight excluding hydrogens is 297 g/mol. The maximum Gasteiger partial charge on any atom is 0.335 e. The Morgan fingerprint density at radius 2 is 1.70 bits per heavy atom. The van der Waals surface area contributed by atoms with Gasteiger partial charge < -0.3 is 10.4 Å². The Morgan fingerprint density at radius 1 is 1.00 bits per heavy atom. The molecule has 0 radical (unpaired) electrons. The van der Waals surface area contributed by atoms with Crippen LogP contribution in [0.4, 0.5) is 15.9 Å². The first-order chi connectivity index (χ1) is 11.1. The molecule has 0 spiro atoms. The fraction of sp³-hybridized carbons (Fsp3) is 0. The predicted molar refractivity (Wildman–Crippen MR) is 84.1 cm³/mol. The first-order valence-electron chi connectivity index (χ1n) is 6.80. The molecule has 0 atom stereocenters. The number of hydrogen-bond acceptors (Lipinski definition) is 4. The number of rotatable bonds is 4. The summed E-state index contributed by atoms with van der Waals surface area (Å²) in [5.74, 6) is -0.723. The fourth-order valence-corrected chi connectivity index (χ4v) is 2.05. The Hall–Kier alpha value is -3.28. The van der Waals surface area contributed by atoms with Crippen LogP contribution < -0.4 is 5.32 Å². The molecule has 0 amide bonds. The second kappa shape index (κ2) is 6.23. The largest absolute Gasteiger partial charge is 0.478 e. The summed E-state index contributed by atoms with van der Waals surface area (Å²) in [7, 11) is 0. The maximum atomic E-state index is 13.0. The Labute approximate surface area is 131 Å². The number of carboxylic acid groups (broad SMARTS) is 1. The molecule has 2 aromatic carbocycles. The number of halogens is 1. The highest BCUT2D eigenvalue weighted by Gasteiger charge is 2.05. The molecule has 3 aromatic rings. The van der Waals surface area contributed by atoms with E-state index in [1.54, 1.807) is 30.3 Å². The number of nitrogens with zero attached hydrogens (tertiary/aromatic N) is 2. The second-order valence-corrected chi connectivity index (χ2v) is 4.80. The number of anilines is 2. The van der Waals surface area contributed by atoms with Gasteiger partial charge in [0, 0.05) is 17.3 Å². The standard InChI is InChI=1S/C17H12FN3O2/c18-13-5-1-11(2-6-13)15-9-16(20-10-19-15)21-14-7-3-12(4-8-14)17(22)23/h1-10H,(H,22,23)(H,19,20,21). The second-order valence-electron chi connectivity index (χ2n) is 4.80. The summed E-state index contributed by atoms with van der Waals surface area (Å²) < 4.78 is 13.0. The molecule has 0 saturated carbocycles. The zero-order valence-electron chi connectivity index (χ0n) is 11.9. The van der Waals surface area contributed by atoms with Gasteiger partial charge in [-0.1, -0.05) is 0 Å². The predicted octanol–water partition coefficient (Wildman–Crippen LogP) is 3.72. The minimum Gasteiger partial charge on any atom is -0.478 e. The third-order valence-corrected chi connectivity index (χ3v) is 3.21. The average molecular weight is 309 g/mol. The van der Waals surface area contributed by atoms with Crippen molar-refractivity contribution in [3.63, 3.8) is 0 Å². The first kappa shape index (κ1) is 14.6. The summed E-state index contributed by atoms with van der Waals surface area (Å²) in [5, 5.41) is 12.0. The molecule has 0 fully saturated rings. The molecule has 0 saturated heterocycles. The lowest BCUT2D eigenvalue weighted by Crippen LogP contribution is -1.98. The van der Waals surface area contributed by atoms with Crippen LogP contribution in [0.3, 0.4) is 0 Å². The highest BCUT2D eigenvalue weighted by Crippen LogP contribution is 2.21. The SMILES string of the molecule is O=C(O)c1ccc(Nc2cc(-c3ccc(F)cc3)ncn2)cc1. The Balaban J connectivity index is 1.82. The molecule has 0 aliphatic rings. The summed E-state index contributed by atoms with van der Waals surface area (Å²) in [6.45, 7) is 0. The van der Waals surface area contributed by atoms with Gasteiger partial charge in [-0.05, 0) is 48.5 Å². The van der Waals surface area contributed by atoms with E-state index >= 15 is 0 Å². The molecule has 1 heterocycles. The minimum absolute atomic E-state index is 0.213. The maximum absolute atomic E-state index is 13.0. The number of aromatic nitrogens is 2.